The van der Waals surface area contributed by atoms with Crippen LogP contribution in [0.3, 0.4) is 0 Å². The lowest BCUT2D eigenvalue weighted by Crippen LogP contribution is -2.23. The number of halogens is 1. The Bertz CT molecular complexity index is 666. The van der Waals surface area contributed by atoms with Gasteiger partial charge in [-0.2, -0.15) is 0 Å². The van der Waals surface area contributed by atoms with Crippen molar-refractivity contribution in [2.45, 2.75) is 12.3 Å². The number of para-hydroxylation sites is 1. The van der Waals surface area contributed by atoms with E-state index in [0.717, 1.165) is 17.7 Å². The third-order valence-corrected chi connectivity index (χ3v) is 3.71. The van der Waals surface area contributed by atoms with Crippen LogP contribution in [0.1, 0.15) is 22.6 Å². The summed E-state index contributed by atoms with van der Waals surface area (Å²) in [5, 5.41) is 0. The highest BCUT2D eigenvalue weighted by Gasteiger charge is 2.25. The van der Waals surface area contributed by atoms with Crippen molar-refractivity contribution in [1.82, 2.24) is 0 Å². The van der Waals surface area contributed by atoms with E-state index >= 15 is 0 Å². The molecule has 0 radical (unpaired) electrons. The molecule has 3 rings (SSSR count). The predicted octanol–water partition coefficient (Wildman–Crippen LogP) is 4.00. The average Bonchev–Trinajstić information content (AvgIpc) is 2.47. The summed E-state index contributed by atoms with van der Waals surface area (Å²) in [7, 11) is 0. The van der Waals surface area contributed by atoms with Crippen LogP contribution in [0.15, 0.2) is 48.5 Å². The lowest BCUT2D eigenvalue weighted by atomic mass is 9.78. The second-order valence-electron chi connectivity index (χ2n) is 4.84. The highest BCUT2D eigenvalue weighted by molar-refractivity contribution is 6.19. The predicted molar refractivity (Wildman–Crippen MR) is 82.4 cm³/mol. The summed E-state index contributed by atoms with van der Waals surface area (Å²) in [6, 6.07) is 16.4. The first-order valence-corrected chi connectivity index (χ1v) is 7.26. The molecule has 0 aliphatic heterocycles. The van der Waals surface area contributed by atoms with Crippen molar-refractivity contribution in [3.63, 3.8) is 0 Å². The third kappa shape index (κ3) is 2.66. The molecule has 1 atom stereocenters. The zero-order chi connectivity index (χ0) is 13.8. The van der Waals surface area contributed by atoms with Crippen molar-refractivity contribution < 1.29 is 4.74 Å². The van der Waals surface area contributed by atoms with Crippen LogP contribution in [-0.4, -0.2) is 12.5 Å². The molecule has 2 heteroatoms. The van der Waals surface area contributed by atoms with Crippen LogP contribution >= 0.6 is 11.6 Å². The van der Waals surface area contributed by atoms with Crippen molar-refractivity contribution in [1.29, 1.82) is 0 Å². The van der Waals surface area contributed by atoms with Crippen molar-refractivity contribution >= 4 is 11.6 Å². The van der Waals surface area contributed by atoms with E-state index in [1.165, 1.54) is 11.1 Å². The molecule has 2 aromatic carbocycles. The molecule has 0 bridgehead atoms. The van der Waals surface area contributed by atoms with Gasteiger partial charge in [-0.3, -0.25) is 0 Å². The molecule has 0 N–H and O–H groups in total. The molecule has 1 aliphatic carbocycles. The van der Waals surface area contributed by atoms with Crippen LogP contribution in [0.5, 0.6) is 5.75 Å². The minimum atomic E-state index is 0.338. The van der Waals surface area contributed by atoms with Crippen molar-refractivity contribution in [3.8, 4) is 17.6 Å². The summed E-state index contributed by atoms with van der Waals surface area (Å²) in [6.45, 7) is 0.705. The Hall–Kier alpha value is -1.91. The number of alkyl halides is 1. The summed E-state index contributed by atoms with van der Waals surface area (Å²) in [5.41, 5.74) is 3.76. The zero-order valence-electron chi connectivity index (χ0n) is 11.1. The van der Waals surface area contributed by atoms with Gasteiger partial charge in [0.15, 0.2) is 0 Å². The van der Waals surface area contributed by atoms with Gasteiger partial charge in [0.05, 0.1) is 18.1 Å². The lowest BCUT2D eigenvalue weighted by molar-refractivity contribution is 0.274. The fraction of sp³-hybridized carbons (Fsp3) is 0.222. The van der Waals surface area contributed by atoms with Gasteiger partial charge in [-0.15, -0.1) is 11.6 Å². The second kappa shape index (κ2) is 6.03. The number of benzene rings is 2. The molecule has 1 unspecified atom stereocenters. The van der Waals surface area contributed by atoms with Gasteiger partial charge < -0.3 is 4.74 Å². The fourth-order valence-corrected chi connectivity index (χ4v) is 2.59. The van der Waals surface area contributed by atoms with Crippen molar-refractivity contribution in [2.75, 3.05) is 12.5 Å². The first kappa shape index (κ1) is 13.1. The molecule has 100 valence electrons. The number of hydrogen-bond acceptors (Lipinski definition) is 1. The molecule has 1 aliphatic rings. The summed E-state index contributed by atoms with van der Waals surface area (Å²) < 4.78 is 5.95. The van der Waals surface area contributed by atoms with Crippen LogP contribution in [0.4, 0.5) is 0 Å². The van der Waals surface area contributed by atoms with E-state index < -0.39 is 0 Å². The Morgan fingerprint density at radius 1 is 1.10 bits per heavy atom. The molecule has 1 nitrogen and oxygen atoms in total. The Kier molecular flexibility index (Phi) is 3.95. The number of fused-ring (bicyclic) bond motifs is 1. The number of hydrogen-bond donors (Lipinski definition) is 0. The monoisotopic (exact) mass is 282 g/mol. The van der Waals surface area contributed by atoms with E-state index in [1.807, 2.05) is 24.3 Å². The van der Waals surface area contributed by atoms with Gasteiger partial charge >= 0.3 is 0 Å². The molecule has 0 aromatic heterocycles. The van der Waals surface area contributed by atoms with Gasteiger partial charge in [0.25, 0.3) is 0 Å². The van der Waals surface area contributed by atoms with E-state index in [1.54, 1.807) is 0 Å². The van der Waals surface area contributed by atoms with E-state index in [-0.39, 0.29) is 0 Å². The lowest BCUT2D eigenvalue weighted by Gasteiger charge is -2.30. The summed E-state index contributed by atoms with van der Waals surface area (Å²) in [6.07, 6.45) is 1.10. The fourth-order valence-electron chi connectivity index (χ4n) is 2.53. The zero-order valence-corrected chi connectivity index (χ0v) is 11.9. The minimum Gasteiger partial charge on any atom is -0.492 e. The summed E-state index contributed by atoms with van der Waals surface area (Å²) in [4.78, 5) is 0. The topological polar surface area (TPSA) is 9.23 Å². The Labute approximate surface area is 124 Å². The molecule has 20 heavy (non-hydrogen) atoms. The maximum Gasteiger partial charge on any atom is 0.134 e. The van der Waals surface area contributed by atoms with Gasteiger partial charge in [-0.1, -0.05) is 48.2 Å². The normalized spacial score (nSPS) is 15.6. The second-order valence-corrected chi connectivity index (χ2v) is 5.11. The molecule has 0 amide bonds. The molecule has 2 aromatic rings. The van der Waals surface area contributed by atoms with Crippen LogP contribution in [0.2, 0.25) is 0 Å². The molecule has 0 saturated heterocycles. The summed E-state index contributed by atoms with van der Waals surface area (Å²) >= 11 is 5.60. The molecular formula is C18H15ClO. The SMILES string of the molecule is ClCC#Cc1ccccc1OCC1Cc2ccccc21. The van der Waals surface area contributed by atoms with Crippen LogP contribution in [0, 0.1) is 11.8 Å². The highest BCUT2D eigenvalue weighted by Crippen LogP contribution is 2.35. The maximum absolute atomic E-state index is 5.95. The van der Waals surface area contributed by atoms with E-state index in [2.05, 4.69) is 36.1 Å². The van der Waals surface area contributed by atoms with E-state index in [4.69, 9.17) is 16.3 Å². The Morgan fingerprint density at radius 2 is 1.90 bits per heavy atom. The standard InChI is InChI=1S/C18H15ClO/c19-11-5-8-14-6-2-4-10-18(14)20-13-16-12-15-7-1-3-9-17(15)16/h1-4,6-7,9-10,16H,11-13H2. The molecule has 0 fully saturated rings. The number of rotatable bonds is 3. The minimum absolute atomic E-state index is 0.338. The van der Waals surface area contributed by atoms with Crippen LogP contribution < -0.4 is 4.74 Å². The maximum atomic E-state index is 5.95. The van der Waals surface area contributed by atoms with Crippen molar-refractivity contribution in [2.24, 2.45) is 0 Å². The van der Waals surface area contributed by atoms with Crippen molar-refractivity contribution in [3.05, 3.63) is 65.2 Å². The largest absolute Gasteiger partial charge is 0.492 e. The first-order valence-electron chi connectivity index (χ1n) is 6.73. The van der Waals surface area contributed by atoms with Gasteiger partial charge in [0.2, 0.25) is 0 Å². The molecule has 0 spiro atoms. The molecular weight excluding hydrogens is 268 g/mol. The Balaban J connectivity index is 1.68. The molecule has 0 saturated carbocycles. The van der Waals surface area contributed by atoms with Gasteiger partial charge in [-0.25, -0.2) is 0 Å². The number of ether oxygens (including phenoxy) is 1. The van der Waals surface area contributed by atoms with Gasteiger partial charge in [-0.05, 0) is 29.7 Å². The first-order chi connectivity index (χ1) is 9.88. The van der Waals surface area contributed by atoms with Crippen LogP contribution in [0.25, 0.3) is 0 Å². The molecule has 0 heterocycles. The van der Waals surface area contributed by atoms with E-state index in [0.29, 0.717) is 18.4 Å². The van der Waals surface area contributed by atoms with Crippen LogP contribution in [-0.2, 0) is 6.42 Å². The van der Waals surface area contributed by atoms with E-state index in [9.17, 15) is 0 Å². The Morgan fingerprint density at radius 3 is 2.75 bits per heavy atom. The smallest absolute Gasteiger partial charge is 0.134 e. The summed E-state index contributed by atoms with van der Waals surface area (Å²) in [5.74, 6) is 7.59. The quantitative estimate of drug-likeness (QED) is 0.611. The highest BCUT2D eigenvalue weighted by atomic mass is 35.5. The average molecular weight is 283 g/mol. The van der Waals surface area contributed by atoms with Gasteiger partial charge in [0.1, 0.15) is 5.75 Å². The van der Waals surface area contributed by atoms with Gasteiger partial charge in [0, 0.05) is 5.92 Å². The third-order valence-electron chi connectivity index (χ3n) is 3.58.